The van der Waals surface area contributed by atoms with Gasteiger partial charge in [-0.3, -0.25) is 0 Å². The smallest absolute Gasteiger partial charge is 0.342 e. The fourth-order valence-electron chi connectivity index (χ4n) is 0.957. The molecule has 1 rings (SSSR count). The second-order valence-corrected chi connectivity index (χ2v) is 2.97. The number of ether oxygens (including phenoxy) is 1. The summed E-state index contributed by atoms with van der Waals surface area (Å²) < 4.78 is 42.9. The maximum atomic E-state index is 13.1. The van der Waals surface area contributed by atoms with Crippen LogP contribution in [0.1, 0.15) is 17.3 Å². The zero-order valence-corrected chi connectivity index (χ0v) is 8.37. The molecule has 0 aromatic heterocycles. The van der Waals surface area contributed by atoms with E-state index in [0.717, 1.165) is 0 Å². The molecule has 0 aliphatic heterocycles. The Labute approximate surface area is 88.6 Å². The van der Waals surface area contributed by atoms with E-state index in [1.165, 1.54) is 6.92 Å². The fraction of sp³-hybridized carbons (Fsp3) is 0.222. The van der Waals surface area contributed by atoms with Gasteiger partial charge in [0.2, 0.25) is 0 Å². The summed E-state index contributed by atoms with van der Waals surface area (Å²) in [6.45, 7) is 1.47. The minimum Gasteiger partial charge on any atom is -0.462 e. The lowest BCUT2D eigenvalue weighted by Crippen LogP contribution is -2.10. The molecule has 2 nitrogen and oxygen atoms in total. The van der Waals surface area contributed by atoms with Crippen molar-refractivity contribution in [3.8, 4) is 0 Å². The minimum absolute atomic E-state index is 0.0202. The first-order valence-electron chi connectivity index (χ1n) is 3.99. The van der Waals surface area contributed by atoms with Crippen molar-refractivity contribution in [1.29, 1.82) is 0 Å². The third kappa shape index (κ3) is 2.23. The second-order valence-electron chi connectivity index (χ2n) is 2.56. The average Bonchev–Trinajstić information content (AvgIpc) is 2.15. The number of rotatable bonds is 2. The molecule has 0 heterocycles. The van der Waals surface area contributed by atoms with Crippen LogP contribution in [0, 0.1) is 17.5 Å². The molecule has 0 atom stereocenters. The van der Waals surface area contributed by atoms with Crippen LogP contribution >= 0.6 is 11.6 Å². The molecule has 6 heteroatoms. The molecule has 82 valence electrons. The lowest BCUT2D eigenvalue weighted by molar-refractivity contribution is 0.0520. The van der Waals surface area contributed by atoms with Crippen molar-refractivity contribution in [2.24, 2.45) is 0 Å². The van der Waals surface area contributed by atoms with Crippen LogP contribution in [0.3, 0.4) is 0 Å². The Balaban J connectivity index is 3.29. The average molecular weight is 239 g/mol. The minimum atomic E-state index is -1.75. The van der Waals surface area contributed by atoms with Gasteiger partial charge in [-0.25, -0.2) is 18.0 Å². The third-order valence-electron chi connectivity index (χ3n) is 1.59. The van der Waals surface area contributed by atoms with Crippen molar-refractivity contribution in [1.82, 2.24) is 0 Å². The molecule has 0 unspecified atom stereocenters. The van der Waals surface area contributed by atoms with E-state index >= 15 is 0 Å². The number of halogens is 4. The van der Waals surface area contributed by atoms with Crippen molar-refractivity contribution >= 4 is 17.6 Å². The van der Waals surface area contributed by atoms with Gasteiger partial charge in [0, 0.05) is 0 Å². The summed E-state index contributed by atoms with van der Waals surface area (Å²) in [5.74, 6) is -5.97. The summed E-state index contributed by atoms with van der Waals surface area (Å²) in [4.78, 5) is 11.1. The van der Waals surface area contributed by atoms with Gasteiger partial charge in [-0.15, -0.1) is 0 Å². The first kappa shape index (κ1) is 11.8. The molecule has 0 aliphatic carbocycles. The highest BCUT2D eigenvalue weighted by Crippen LogP contribution is 2.24. The summed E-state index contributed by atoms with van der Waals surface area (Å²) in [6, 6.07) is 0.520. The lowest BCUT2D eigenvalue weighted by atomic mass is 10.2. The van der Waals surface area contributed by atoms with Crippen LogP contribution in [0.4, 0.5) is 13.2 Å². The Morgan fingerprint density at radius 2 is 2.00 bits per heavy atom. The molecule has 0 bridgehead atoms. The summed E-state index contributed by atoms with van der Waals surface area (Å²) in [5, 5.41) is -0.523. The van der Waals surface area contributed by atoms with E-state index in [-0.39, 0.29) is 6.61 Å². The van der Waals surface area contributed by atoms with Crippen molar-refractivity contribution in [2.75, 3.05) is 6.61 Å². The first-order valence-corrected chi connectivity index (χ1v) is 4.37. The Morgan fingerprint density at radius 1 is 1.40 bits per heavy atom. The number of esters is 1. The van der Waals surface area contributed by atoms with E-state index in [2.05, 4.69) is 4.74 Å². The first-order chi connectivity index (χ1) is 6.99. The van der Waals surface area contributed by atoms with Gasteiger partial charge >= 0.3 is 5.97 Å². The third-order valence-corrected chi connectivity index (χ3v) is 1.89. The number of carbonyl (C=O) groups excluding carboxylic acids is 1. The topological polar surface area (TPSA) is 26.3 Å². The molecular weight excluding hydrogens is 233 g/mol. The highest BCUT2D eigenvalue weighted by atomic mass is 35.5. The normalized spacial score (nSPS) is 10.2. The molecule has 0 radical (unpaired) electrons. The maximum absolute atomic E-state index is 13.1. The molecule has 0 aliphatic rings. The molecule has 15 heavy (non-hydrogen) atoms. The quantitative estimate of drug-likeness (QED) is 0.450. The molecule has 1 aromatic carbocycles. The zero-order chi connectivity index (χ0) is 11.6. The number of carbonyl (C=O) groups is 1. The van der Waals surface area contributed by atoms with E-state index in [9.17, 15) is 18.0 Å². The van der Waals surface area contributed by atoms with Crippen LogP contribution in [0.5, 0.6) is 0 Å². The van der Waals surface area contributed by atoms with Gasteiger partial charge in [0.25, 0.3) is 0 Å². The number of benzene rings is 1. The largest absolute Gasteiger partial charge is 0.462 e. The van der Waals surface area contributed by atoms with Gasteiger partial charge < -0.3 is 4.74 Å². The van der Waals surface area contributed by atoms with Gasteiger partial charge in [0.05, 0.1) is 11.6 Å². The molecule has 0 N–H and O–H groups in total. The van der Waals surface area contributed by atoms with Gasteiger partial charge in [0.1, 0.15) is 5.56 Å². The standard InChI is InChI=1S/C9H6ClF3O2/c1-2-15-9(14)6-4(10)3-5(11)7(12)8(6)13/h3H,2H2,1H3. The van der Waals surface area contributed by atoms with E-state index in [4.69, 9.17) is 11.6 Å². The molecule has 0 saturated carbocycles. The van der Waals surface area contributed by atoms with Crippen LogP contribution in [0.15, 0.2) is 6.07 Å². The SMILES string of the molecule is CCOC(=O)c1c(Cl)cc(F)c(F)c1F. The highest BCUT2D eigenvalue weighted by molar-refractivity contribution is 6.33. The summed E-state index contributed by atoms with van der Waals surface area (Å²) in [5.41, 5.74) is -0.794. The van der Waals surface area contributed by atoms with Gasteiger partial charge in [-0.2, -0.15) is 0 Å². The predicted octanol–water partition coefficient (Wildman–Crippen LogP) is 2.93. The van der Waals surface area contributed by atoms with E-state index in [1.807, 2.05) is 0 Å². The van der Waals surface area contributed by atoms with E-state index in [1.54, 1.807) is 0 Å². The van der Waals surface area contributed by atoms with Gasteiger partial charge in [-0.1, -0.05) is 11.6 Å². The van der Waals surface area contributed by atoms with Crippen LogP contribution in [-0.4, -0.2) is 12.6 Å². The van der Waals surface area contributed by atoms with E-state index in [0.29, 0.717) is 6.07 Å². The van der Waals surface area contributed by atoms with Crippen LogP contribution in [0.2, 0.25) is 5.02 Å². The number of hydrogen-bond acceptors (Lipinski definition) is 2. The lowest BCUT2D eigenvalue weighted by Gasteiger charge is -2.06. The Bertz CT molecular complexity index is 407. The molecule has 0 fully saturated rings. The maximum Gasteiger partial charge on any atom is 0.342 e. The summed E-state index contributed by atoms with van der Waals surface area (Å²) >= 11 is 5.39. The monoisotopic (exact) mass is 238 g/mol. The van der Waals surface area contributed by atoms with Crippen molar-refractivity contribution < 1.29 is 22.7 Å². The van der Waals surface area contributed by atoms with Crippen LogP contribution in [-0.2, 0) is 4.74 Å². The molecule has 0 amide bonds. The second kappa shape index (κ2) is 4.53. The summed E-state index contributed by atoms with van der Waals surface area (Å²) in [6.07, 6.45) is 0. The Morgan fingerprint density at radius 3 is 2.53 bits per heavy atom. The predicted molar refractivity (Wildman–Crippen MR) is 47.3 cm³/mol. The van der Waals surface area contributed by atoms with Crippen molar-refractivity contribution in [3.63, 3.8) is 0 Å². The highest BCUT2D eigenvalue weighted by Gasteiger charge is 2.23. The molecule has 0 spiro atoms. The van der Waals surface area contributed by atoms with Gasteiger partial charge in [-0.05, 0) is 13.0 Å². The Kier molecular flexibility index (Phi) is 3.57. The van der Waals surface area contributed by atoms with Crippen LogP contribution in [0.25, 0.3) is 0 Å². The van der Waals surface area contributed by atoms with Gasteiger partial charge in [0.15, 0.2) is 17.5 Å². The number of hydrogen-bond donors (Lipinski definition) is 0. The zero-order valence-electron chi connectivity index (χ0n) is 7.61. The van der Waals surface area contributed by atoms with Crippen molar-refractivity contribution in [2.45, 2.75) is 6.92 Å². The van der Waals surface area contributed by atoms with Crippen LogP contribution < -0.4 is 0 Å². The van der Waals surface area contributed by atoms with E-state index < -0.39 is 34.0 Å². The molecule has 1 aromatic rings. The summed E-state index contributed by atoms with van der Waals surface area (Å²) in [7, 11) is 0. The fourth-order valence-corrected chi connectivity index (χ4v) is 1.21. The molecule has 0 saturated heterocycles. The Hall–Kier alpha value is -1.23. The molecular formula is C9H6ClF3O2. The van der Waals surface area contributed by atoms with Crippen molar-refractivity contribution in [3.05, 3.63) is 34.1 Å².